The first kappa shape index (κ1) is 14.7. The van der Waals surface area contributed by atoms with E-state index in [1.807, 2.05) is 58.9 Å². The minimum atomic E-state index is 0.0107. The Hall–Kier alpha value is -1.31. The predicted octanol–water partition coefficient (Wildman–Crippen LogP) is 3.95. The SMILES string of the molecule is CC.CCOc1ccccc1C(=O)C(C)C. The molecule has 0 saturated heterocycles. The van der Waals surface area contributed by atoms with Crippen molar-refractivity contribution in [1.29, 1.82) is 0 Å². The van der Waals surface area contributed by atoms with Crippen LogP contribution in [0.4, 0.5) is 0 Å². The number of para-hydroxylation sites is 1. The average molecular weight is 222 g/mol. The maximum absolute atomic E-state index is 11.8. The number of carbonyl (C=O) groups excluding carboxylic acids is 1. The molecule has 0 aliphatic rings. The van der Waals surface area contributed by atoms with Crippen molar-refractivity contribution in [2.24, 2.45) is 5.92 Å². The fourth-order valence-electron chi connectivity index (χ4n) is 1.26. The van der Waals surface area contributed by atoms with Gasteiger partial charge in [0.2, 0.25) is 0 Å². The number of ketones is 1. The standard InChI is InChI=1S/C12H16O2.C2H6/c1-4-14-11-8-6-5-7-10(11)12(13)9(2)3;1-2/h5-9H,4H2,1-3H3;1-2H3. The Balaban J connectivity index is 0.00000106. The molecule has 0 bridgehead atoms. The van der Waals surface area contributed by atoms with Crippen molar-refractivity contribution in [2.45, 2.75) is 34.6 Å². The number of rotatable bonds is 4. The molecule has 1 aromatic rings. The summed E-state index contributed by atoms with van der Waals surface area (Å²) in [7, 11) is 0. The summed E-state index contributed by atoms with van der Waals surface area (Å²) in [5.41, 5.74) is 0.685. The number of hydrogen-bond donors (Lipinski definition) is 0. The Morgan fingerprint density at radius 3 is 2.31 bits per heavy atom. The van der Waals surface area contributed by atoms with Crippen LogP contribution in [0.1, 0.15) is 45.0 Å². The molecule has 16 heavy (non-hydrogen) atoms. The third-order valence-electron chi connectivity index (χ3n) is 1.98. The number of benzene rings is 1. The Morgan fingerprint density at radius 2 is 1.81 bits per heavy atom. The molecule has 0 N–H and O–H groups in total. The maximum atomic E-state index is 11.8. The highest BCUT2D eigenvalue weighted by Gasteiger charge is 2.14. The molecule has 0 atom stereocenters. The highest BCUT2D eigenvalue weighted by molar-refractivity contribution is 5.99. The third kappa shape index (κ3) is 4.05. The number of Topliss-reactive ketones (excluding diaryl/α,β-unsaturated/α-hetero) is 1. The van der Waals surface area contributed by atoms with Gasteiger partial charge in [-0.25, -0.2) is 0 Å². The number of ether oxygens (including phenoxy) is 1. The van der Waals surface area contributed by atoms with Gasteiger partial charge >= 0.3 is 0 Å². The van der Waals surface area contributed by atoms with Crippen LogP contribution in [0.25, 0.3) is 0 Å². The largest absolute Gasteiger partial charge is 0.493 e. The molecule has 0 saturated carbocycles. The molecular weight excluding hydrogens is 200 g/mol. The van der Waals surface area contributed by atoms with Crippen LogP contribution >= 0.6 is 0 Å². The lowest BCUT2D eigenvalue weighted by molar-refractivity contribution is 0.0935. The normalized spacial score (nSPS) is 9.38. The smallest absolute Gasteiger partial charge is 0.169 e. The molecule has 0 fully saturated rings. The van der Waals surface area contributed by atoms with Crippen LogP contribution in [-0.2, 0) is 0 Å². The Kier molecular flexibility index (Phi) is 7.27. The average Bonchev–Trinajstić information content (AvgIpc) is 2.32. The quantitative estimate of drug-likeness (QED) is 0.721. The lowest BCUT2D eigenvalue weighted by Gasteiger charge is -2.10. The van der Waals surface area contributed by atoms with Crippen molar-refractivity contribution in [3.63, 3.8) is 0 Å². The Labute approximate surface area is 98.6 Å². The maximum Gasteiger partial charge on any atom is 0.169 e. The summed E-state index contributed by atoms with van der Waals surface area (Å²) >= 11 is 0. The highest BCUT2D eigenvalue weighted by atomic mass is 16.5. The molecule has 2 heteroatoms. The van der Waals surface area contributed by atoms with Crippen molar-refractivity contribution in [3.8, 4) is 5.75 Å². The van der Waals surface area contributed by atoms with Crippen LogP contribution in [0, 0.1) is 5.92 Å². The van der Waals surface area contributed by atoms with Crippen LogP contribution in [0.2, 0.25) is 0 Å². The fourth-order valence-corrected chi connectivity index (χ4v) is 1.26. The van der Waals surface area contributed by atoms with Gasteiger partial charge < -0.3 is 4.74 Å². The fraction of sp³-hybridized carbons (Fsp3) is 0.500. The second kappa shape index (κ2) is 7.91. The molecule has 0 spiro atoms. The second-order valence-corrected chi connectivity index (χ2v) is 3.45. The van der Waals surface area contributed by atoms with Gasteiger partial charge in [0.05, 0.1) is 12.2 Å². The molecule has 0 heterocycles. The third-order valence-corrected chi connectivity index (χ3v) is 1.98. The molecular formula is C14H22O2. The molecule has 0 unspecified atom stereocenters. The summed E-state index contributed by atoms with van der Waals surface area (Å²) in [6, 6.07) is 7.38. The van der Waals surface area contributed by atoms with E-state index in [0.717, 1.165) is 0 Å². The number of hydrogen-bond acceptors (Lipinski definition) is 2. The first-order valence-electron chi connectivity index (χ1n) is 5.92. The van der Waals surface area contributed by atoms with Crippen LogP contribution < -0.4 is 4.74 Å². The van der Waals surface area contributed by atoms with Gasteiger partial charge in [0.1, 0.15) is 5.75 Å². The summed E-state index contributed by atoms with van der Waals surface area (Å²) in [6.45, 7) is 10.3. The molecule has 0 aliphatic heterocycles. The van der Waals surface area contributed by atoms with Crippen molar-refractivity contribution in [1.82, 2.24) is 0 Å². The second-order valence-electron chi connectivity index (χ2n) is 3.45. The van der Waals surface area contributed by atoms with Crippen molar-refractivity contribution in [2.75, 3.05) is 6.61 Å². The zero-order valence-corrected chi connectivity index (χ0v) is 10.9. The summed E-state index contributed by atoms with van der Waals surface area (Å²) in [5.74, 6) is 0.833. The monoisotopic (exact) mass is 222 g/mol. The van der Waals surface area contributed by atoms with E-state index in [0.29, 0.717) is 17.9 Å². The van der Waals surface area contributed by atoms with E-state index >= 15 is 0 Å². The van der Waals surface area contributed by atoms with Crippen LogP contribution in [0.3, 0.4) is 0 Å². The lowest BCUT2D eigenvalue weighted by atomic mass is 10.0. The summed E-state index contributed by atoms with van der Waals surface area (Å²) in [6.07, 6.45) is 0. The van der Waals surface area contributed by atoms with Crippen molar-refractivity contribution >= 4 is 5.78 Å². The summed E-state index contributed by atoms with van der Waals surface area (Å²) in [5, 5.41) is 0. The van der Waals surface area contributed by atoms with E-state index in [1.54, 1.807) is 0 Å². The molecule has 0 aromatic heterocycles. The first-order chi connectivity index (χ1) is 7.66. The zero-order valence-electron chi connectivity index (χ0n) is 10.9. The van der Waals surface area contributed by atoms with Gasteiger partial charge in [0, 0.05) is 5.92 Å². The number of carbonyl (C=O) groups is 1. The van der Waals surface area contributed by atoms with Crippen LogP contribution in [-0.4, -0.2) is 12.4 Å². The van der Waals surface area contributed by atoms with E-state index in [2.05, 4.69) is 0 Å². The Bertz CT molecular complexity index is 316. The van der Waals surface area contributed by atoms with Crippen molar-refractivity contribution < 1.29 is 9.53 Å². The molecule has 0 aliphatic carbocycles. The first-order valence-corrected chi connectivity index (χ1v) is 5.92. The highest BCUT2D eigenvalue weighted by Crippen LogP contribution is 2.21. The van der Waals surface area contributed by atoms with E-state index in [-0.39, 0.29) is 11.7 Å². The van der Waals surface area contributed by atoms with Gasteiger partial charge in [-0.15, -0.1) is 0 Å². The van der Waals surface area contributed by atoms with Gasteiger partial charge in [-0.05, 0) is 19.1 Å². The van der Waals surface area contributed by atoms with E-state index < -0.39 is 0 Å². The molecule has 0 radical (unpaired) electrons. The lowest BCUT2D eigenvalue weighted by Crippen LogP contribution is -2.09. The van der Waals surface area contributed by atoms with Gasteiger partial charge in [-0.2, -0.15) is 0 Å². The molecule has 1 aromatic carbocycles. The summed E-state index contributed by atoms with van der Waals surface area (Å²) in [4.78, 5) is 11.8. The molecule has 2 nitrogen and oxygen atoms in total. The molecule has 90 valence electrons. The summed E-state index contributed by atoms with van der Waals surface area (Å²) < 4.78 is 5.39. The van der Waals surface area contributed by atoms with E-state index in [1.165, 1.54) is 0 Å². The van der Waals surface area contributed by atoms with Gasteiger partial charge in [0.25, 0.3) is 0 Å². The zero-order chi connectivity index (χ0) is 12.6. The molecule has 0 amide bonds. The van der Waals surface area contributed by atoms with E-state index in [9.17, 15) is 4.79 Å². The topological polar surface area (TPSA) is 26.3 Å². The van der Waals surface area contributed by atoms with Crippen LogP contribution in [0.15, 0.2) is 24.3 Å². The van der Waals surface area contributed by atoms with Gasteiger partial charge in [-0.3, -0.25) is 4.79 Å². The minimum Gasteiger partial charge on any atom is -0.493 e. The van der Waals surface area contributed by atoms with Gasteiger partial charge in [-0.1, -0.05) is 39.8 Å². The molecule has 1 rings (SSSR count). The minimum absolute atomic E-state index is 0.0107. The van der Waals surface area contributed by atoms with Crippen LogP contribution in [0.5, 0.6) is 5.75 Å². The Morgan fingerprint density at radius 1 is 1.25 bits per heavy atom. The van der Waals surface area contributed by atoms with E-state index in [4.69, 9.17) is 4.74 Å². The van der Waals surface area contributed by atoms with Crippen molar-refractivity contribution in [3.05, 3.63) is 29.8 Å². The van der Waals surface area contributed by atoms with Gasteiger partial charge in [0.15, 0.2) is 5.78 Å². The predicted molar refractivity (Wildman–Crippen MR) is 68.1 cm³/mol.